The van der Waals surface area contributed by atoms with Crippen LogP contribution in [0.5, 0.6) is 0 Å². The Morgan fingerprint density at radius 2 is 2.36 bits per heavy atom. The van der Waals surface area contributed by atoms with Gasteiger partial charge in [-0.25, -0.2) is 0 Å². The van der Waals surface area contributed by atoms with Crippen LogP contribution in [-0.2, 0) is 6.54 Å². The lowest BCUT2D eigenvalue weighted by molar-refractivity contribution is 0.218. The fourth-order valence-corrected chi connectivity index (χ4v) is 2.19. The number of hydrogen-bond donors (Lipinski definition) is 2. The van der Waals surface area contributed by atoms with Crippen LogP contribution in [0, 0.1) is 12.8 Å². The molecule has 0 spiro atoms. The molecule has 0 aliphatic heterocycles. The molecule has 3 heteroatoms. The largest absolute Gasteiger partial charge is 0.396 e. The van der Waals surface area contributed by atoms with Gasteiger partial charge >= 0.3 is 0 Å². The van der Waals surface area contributed by atoms with E-state index in [4.69, 9.17) is 5.11 Å². The summed E-state index contributed by atoms with van der Waals surface area (Å²) in [5, 5.41) is 14.5. The Labute approximate surface area is 90.0 Å². The SMILES string of the molecule is CCC(CO)CNCc1sccc1C. The summed E-state index contributed by atoms with van der Waals surface area (Å²) in [5.41, 5.74) is 1.36. The van der Waals surface area contributed by atoms with Gasteiger partial charge in [0.25, 0.3) is 0 Å². The highest BCUT2D eigenvalue weighted by molar-refractivity contribution is 7.10. The third-order valence-corrected chi connectivity index (χ3v) is 3.55. The maximum absolute atomic E-state index is 9.00. The van der Waals surface area contributed by atoms with Gasteiger partial charge in [0.05, 0.1) is 0 Å². The summed E-state index contributed by atoms with van der Waals surface area (Å²) in [6.45, 7) is 6.37. The summed E-state index contributed by atoms with van der Waals surface area (Å²) in [6, 6.07) is 2.14. The molecule has 1 atom stereocenters. The van der Waals surface area contributed by atoms with E-state index < -0.39 is 0 Å². The predicted molar refractivity (Wildman–Crippen MR) is 61.6 cm³/mol. The monoisotopic (exact) mass is 213 g/mol. The molecule has 1 aromatic rings. The van der Waals surface area contributed by atoms with Crippen molar-refractivity contribution < 1.29 is 5.11 Å². The van der Waals surface area contributed by atoms with Gasteiger partial charge in [0, 0.05) is 24.6 Å². The molecule has 1 unspecified atom stereocenters. The first-order valence-corrected chi connectivity index (χ1v) is 6.00. The summed E-state index contributed by atoms with van der Waals surface area (Å²) >= 11 is 1.79. The topological polar surface area (TPSA) is 32.3 Å². The van der Waals surface area contributed by atoms with Crippen LogP contribution in [-0.4, -0.2) is 18.3 Å². The molecule has 0 saturated heterocycles. The van der Waals surface area contributed by atoms with Gasteiger partial charge in [-0.2, -0.15) is 0 Å². The molecule has 0 bridgehead atoms. The summed E-state index contributed by atoms with van der Waals surface area (Å²) in [4.78, 5) is 1.40. The van der Waals surface area contributed by atoms with Crippen LogP contribution in [0.1, 0.15) is 23.8 Å². The predicted octanol–water partition coefficient (Wildman–Crippen LogP) is 2.16. The molecule has 2 N–H and O–H groups in total. The van der Waals surface area contributed by atoms with Crippen molar-refractivity contribution in [2.45, 2.75) is 26.8 Å². The Balaban J connectivity index is 2.24. The lowest BCUT2D eigenvalue weighted by Crippen LogP contribution is -2.24. The molecular weight excluding hydrogens is 194 g/mol. The van der Waals surface area contributed by atoms with Crippen molar-refractivity contribution in [3.63, 3.8) is 0 Å². The molecule has 0 amide bonds. The average Bonchev–Trinajstić information content (AvgIpc) is 2.59. The Morgan fingerprint density at radius 1 is 1.57 bits per heavy atom. The number of hydrogen-bond acceptors (Lipinski definition) is 3. The number of rotatable bonds is 6. The Hall–Kier alpha value is -0.380. The van der Waals surface area contributed by atoms with Crippen molar-refractivity contribution in [3.8, 4) is 0 Å². The molecule has 1 rings (SSSR count). The lowest BCUT2D eigenvalue weighted by Gasteiger charge is -2.12. The second-order valence-electron chi connectivity index (χ2n) is 3.61. The van der Waals surface area contributed by atoms with Gasteiger partial charge < -0.3 is 10.4 Å². The minimum atomic E-state index is 0.285. The molecule has 0 radical (unpaired) electrons. The molecule has 0 fully saturated rings. The maximum atomic E-state index is 9.00. The normalized spacial score (nSPS) is 13.1. The van der Waals surface area contributed by atoms with Crippen molar-refractivity contribution in [2.75, 3.05) is 13.2 Å². The molecule has 0 saturated carbocycles. The highest BCUT2D eigenvalue weighted by Gasteiger charge is 2.04. The molecule has 0 aromatic carbocycles. The standard InChI is InChI=1S/C11H19NOS/c1-3-10(8-13)6-12-7-11-9(2)4-5-14-11/h4-5,10,12-13H,3,6-8H2,1-2H3. The molecule has 0 aliphatic carbocycles. The third-order valence-electron chi connectivity index (χ3n) is 2.52. The van der Waals surface area contributed by atoms with Gasteiger partial charge in [-0.15, -0.1) is 11.3 Å². The van der Waals surface area contributed by atoms with Crippen molar-refractivity contribution in [1.29, 1.82) is 0 Å². The van der Waals surface area contributed by atoms with Crippen LogP contribution in [0.3, 0.4) is 0 Å². The first-order valence-electron chi connectivity index (χ1n) is 5.12. The quantitative estimate of drug-likeness (QED) is 0.759. The van der Waals surface area contributed by atoms with Crippen molar-refractivity contribution in [3.05, 3.63) is 21.9 Å². The Kier molecular flexibility index (Phi) is 5.15. The molecule has 1 aromatic heterocycles. The van der Waals surface area contributed by atoms with E-state index in [-0.39, 0.29) is 6.61 Å². The number of aliphatic hydroxyl groups is 1. The zero-order chi connectivity index (χ0) is 10.4. The molecule has 0 aliphatic rings. The fraction of sp³-hybridized carbons (Fsp3) is 0.636. The number of aryl methyl sites for hydroxylation is 1. The van der Waals surface area contributed by atoms with Gasteiger partial charge in [0.15, 0.2) is 0 Å². The molecular formula is C11H19NOS. The molecule has 80 valence electrons. The van der Waals surface area contributed by atoms with Gasteiger partial charge in [0.2, 0.25) is 0 Å². The van der Waals surface area contributed by atoms with Crippen LogP contribution in [0.15, 0.2) is 11.4 Å². The van der Waals surface area contributed by atoms with E-state index in [0.717, 1.165) is 19.5 Å². The van der Waals surface area contributed by atoms with E-state index in [0.29, 0.717) is 5.92 Å². The third kappa shape index (κ3) is 3.40. The molecule has 1 heterocycles. The fourth-order valence-electron chi connectivity index (χ4n) is 1.31. The first kappa shape index (κ1) is 11.7. The van der Waals surface area contributed by atoms with E-state index >= 15 is 0 Å². The van der Waals surface area contributed by atoms with E-state index in [1.165, 1.54) is 10.4 Å². The zero-order valence-electron chi connectivity index (χ0n) is 8.92. The van der Waals surface area contributed by atoms with Gasteiger partial charge in [-0.05, 0) is 36.3 Å². The molecule has 2 nitrogen and oxygen atoms in total. The highest BCUT2D eigenvalue weighted by atomic mass is 32.1. The van der Waals surface area contributed by atoms with Crippen LogP contribution in [0.25, 0.3) is 0 Å². The van der Waals surface area contributed by atoms with Crippen LogP contribution in [0.2, 0.25) is 0 Å². The van der Waals surface area contributed by atoms with E-state index in [1.807, 2.05) is 0 Å². The van der Waals surface area contributed by atoms with Crippen LogP contribution >= 0.6 is 11.3 Å². The summed E-state index contributed by atoms with van der Waals surface area (Å²) < 4.78 is 0. The van der Waals surface area contributed by atoms with Gasteiger partial charge in [-0.1, -0.05) is 6.92 Å². The van der Waals surface area contributed by atoms with E-state index in [9.17, 15) is 0 Å². The Bertz CT molecular complexity index is 256. The van der Waals surface area contributed by atoms with Crippen LogP contribution < -0.4 is 5.32 Å². The zero-order valence-corrected chi connectivity index (χ0v) is 9.73. The minimum absolute atomic E-state index is 0.285. The van der Waals surface area contributed by atoms with E-state index in [2.05, 4.69) is 30.6 Å². The maximum Gasteiger partial charge on any atom is 0.0471 e. The smallest absolute Gasteiger partial charge is 0.0471 e. The van der Waals surface area contributed by atoms with Crippen molar-refractivity contribution in [1.82, 2.24) is 5.32 Å². The van der Waals surface area contributed by atoms with Crippen LogP contribution in [0.4, 0.5) is 0 Å². The number of nitrogens with one attached hydrogen (secondary N) is 1. The van der Waals surface area contributed by atoms with Gasteiger partial charge in [0.1, 0.15) is 0 Å². The van der Waals surface area contributed by atoms with Gasteiger partial charge in [-0.3, -0.25) is 0 Å². The summed E-state index contributed by atoms with van der Waals surface area (Å²) in [5.74, 6) is 0.398. The second-order valence-corrected chi connectivity index (χ2v) is 4.62. The second kappa shape index (κ2) is 6.17. The number of aliphatic hydroxyl groups excluding tert-OH is 1. The molecule has 14 heavy (non-hydrogen) atoms. The Morgan fingerprint density at radius 3 is 2.86 bits per heavy atom. The summed E-state index contributed by atoms with van der Waals surface area (Å²) in [7, 11) is 0. The highest BCUT2D eigenvalue weighted by Crippen LogP contribution is 2.14. The first-order chi connectivity index (χ1) is 6.77. The lowest BCUT2D eigenvalue weighted by atomic mass is 10.1. The summed E-state index contributed by atoms with van der Waals surface area (Å²) in [6.07, 6.45) is 1.03. The average molecular weight is 213 g/mol. The van der Waals surface area contributed by atoms with E-state index in [1.54, 1.807) is 11.3 Å². The van der Waals surface area contributed by atoms with Crippen molar-refractivity contribution in [2.24, 2.45) is 5.92 Å². The minimum Gasteiger partial charge on any atom is -0.396 e. The van der Waals surface area contributed by atoms with Crippen molar-refractivity contribution >= 4 is 11.3 Å². The number of thiophene rings is 1.